The highest BCUT2D eigenvalue weighted by atomic mass is 16.5. The number of aryl methyl sites for hydroxylation is 1. The van der Waals surface area contributed by atoms with Crippen LogP contribution in [0.4, 0.5) is 0 Å². The monoisotopic (exact) mass is 247 g/mol. The van der Waals surface area contributed by atoms with Gasteiger partial charge in [0.1, 0.15) is 0 Å². The molecule has 1 aliphatic rings. The van der Waals surface area contributed by atoms with Gasteiger partial charge < -0.3 is 10.1 Å². The Morgan fingerprint density at radius 3 is 2.83 bits per heavy atom. The lowest BCUT2D eigenvalue weighted by atomic mass is 10.1. The highest BCUT2D eigenvalue weighted by molar-refractivity contribution is 5.14. The molecule has 2 nitrogen and oxygen atoms in total. The van der Waals surface area contributed by atoms with Crippen LogP contribution in [0.2, 0.25) is 0 Å². The van der Waals surface area contributed by atoms with E-state index in [0.29, 0.717) is 12.1 Å². The molecule has 0 amide bonds. The Morgan fingerprint density at radius 1 is 1.28 bits per heavy atom. The number of hydrogen-bond acceptors (Lipinski definition) is 2. The number of nitrogens with one attached hydrogen (secondary N) is 1. The van der Waals surface area contributed by atoms with Crippen molar-refractivity contribution >= 4 is 0 Å². The lowest BCUT2D eigenvalue weighted by Gasteiger charge is -2.24. The topological polar surface area (TPSA) is 21.3 Å². The largest absolute Gasteiger partial charge is 0.377 e. The average molecular weight is 247 g/mol. The summed E-state index contributed by atoms with van der Waals surface area (Å²) in [6.45, 7) is 4.23. The molecule has 2 rings (SSSR count). The van der Waals surface area contributed by atoms with Crippen molar-refractivity contribution in [3.05, 3.63) is 35.9 Å². The molecule has 2 unspecified atom stereocenters. The second kappa shape index (κ2) is 7.55. The molecule has 0 bridgehead atoms. The number of benzene rings is 1. The number of rotatable bonds is 6. The van der Waals surface area contributed by atoms with E-state index >= 15 is 0 Å². The predicted octanol–water partition coefficient (Wildman–Crippen LogP) is 3.17. The van der Waals surface area contributed by atoms with E-state index in [4.69, 9.17) is 4.74 Å². The lowest BCUT2D eigenvalue weighted by Crippen LogP contribution is -2.36. The van der Waals surface area contributed by atoms with Gasteiger partial charge in [-0.25, -0.2) is 0 Å². The van der Waals surface area contributed by atoms with E-state index in [9.17, 15) is 0 Å². The zero-order valence-corrected chi connectivity index (χ0v) is 11.4. The molecule has 1 aromatic carbocycles. The average Bonchev–Trinajstić information content (AvgIpc) is 2.45. The van der Waals surface area contributed by atoms with Crippen LogP contribution in [0.15, 0.2) is 30.3 Å². The second-order valence-electron chi connectivity index (χ2n) is 5.32. The molecule has 1 N–H and O–H groups in total. The summed E-state index contributed by atoms with van der Waals surface area (Å²) < 4.78 is 5.73. The van der Waals surface area contributed by atoms with Crippen molar-refractivity contribution in [3.63, 3.8) is 0 Å². The zero-order chi connectivity index (χ0) is 12.6. The van der Waals surface area contributed by atoms with E-state index < -0.39 is 0 Å². The molecule has 0 aromatic heterocycles. The van der Waals surface area contributed by atoms with E-state index in [2.05, 4.69) is 42.6 Å². The molecule has 1 fully saturated rings. The van der Waals surface area contributed by atoms with Crippen LogP contribution in [0.5, 0.6) is 0 Å². The Morgan fingerprint density at radius 2 is 2.11 bits per heavy atom. The Hall–Kier alpha value is -0.860. The van der Waals surface area contributed by atoms with Crippen LogP contribution in [0.25, 0.3) is 0 Å². The van der Waals surface area contributed by atoms with Gasteiger partial charge in [0.2, 0.25) is 0 Å². The van der Waals surface area contributed by atoms with Crippen molar-refractivity contribution in [2.24, 2.45) is 0 Å². The minimum Gasteiger partial charge on any atom is -0.377 e. The molecule has 0 radical (unpaired) electrons. The lowest BCUT2D eigenvalue weighted by molar-refractivity contribution is 0.0155. The van der Waals surface area contributed by atoms with E-state index in [1.807, 2.05) is 0 Å². The van der Waals surface area contributed by atoms with Gasteiger partial charge in [0.25, 0.3) is 0 Å². The van der Waals surface area contributed by atoms with Crippen molar-refractivity contribution < 1.29 is 4.74 Å². The van der Waals surface area contributed by atoms with Gasteiger partial charge in [0, 0.05) is 19.2 Å². The summed E-state index contributed by atoms with van der Waals surface area (Å²) in [5.41, 5.74) is 1.43. The highest BCUT2D eigenvalue weighted by Gasteiger charge is 2.14. The maximum absolute atomic E-state index is 5.73. The molecule has 1 heterocycles. The van der Waals surface area contributed by atoms with Crippen molar-refractivity contribution in [3.8, 4) is 0 Å². The van der Waals surface area contributed by atoms with Gasteiger partial charge in [0.05, 0.1) is 6.10 Å². The van der Waals surface area contributed by atoms with Crippen molar-refractivity contribution in [1.29, 1.82) is 0 Å². The molecule has 1 saturated heterocycles. The number of hydrogen-bond donors (Lipinski definition) is 1. The Kier molecular flexibility index (Phi) is 5.69. The fraction of sp³-hybridized carbons (Fsp3) is 0.625. The summed E-state index contributed by atoms with van der Waals surface area (Å²) in [5.74, 6) is 0. The maximum atomic E-state index is 5.73. The normalized spacial score (nSPS) is 21.7. The summed E-state index contributed by atoms with van der Waals surface area (Å²) in [7, 11) is 0. The van der Waals surface area contributed by atoms with Crippen LogP contribution in [0.3, 0.4) is 0 Å². The summed E-state index contributed by atoms with van der Waals surface area (Å²) in [5, 5.41) is 3.60. The molecule has 1 aromatic rings. The molecule has 1 aliphatic heterocycles. The van der Waals surface area contributed by atoms with E-state index in [1.165, 1.54) is 31.2 Å². The summed E-state index contributed by atoms with van der Waals surface area (Å²) in [4.78, 5) is 0. The van der Waals surface area contributed by atoms with Crippen molar-refractivity contribution in [1.82, 2.24) is 5.32 Å². The highest BCUT2D eigenvalue weighted by Crippen LogP contribution is 2.12. The van der Waals surface area contributed by atoms with Gasteiger partial charge >= 0.3 is 0 Å². The first kappa shape index (κ1) is 13.6. The summed E-state index contributed by atoms with van der Waals surface area (Å²) >= 11 is 0. The first-order valence-corrected chi connectivity index (χ1v) is 7.23. The Bertz CT molecular complexity index is 319. The maximum Gasteiger partial charge on any atom is 0.0699 e. The van der Waals surface area contributed by atoms with Crippen LogP contribution in [0, 0.1) is 0 Å². The quantitative estimate of drug-likeness (QED) is 0.833. The molecule has 0 aliphatic carbocycles. The zero-order valence-electron chi connectivity index (χ0n) is 11.4. The second-order valence-corrected chi connectivity index (χ2v) is 5.32. The van der Waals surface area contributed by atoms with Gasteiger partial charge in [-0.1, -0.05) is 30.3 Å². The predicted molar refractivity (Wildman–Crippen MR) is 75.8 cm³/mol. The summed E-state index contributed by atoms with van der Waals surface area (Å²) in [6.07, 6.45) is 6.57. The van der Waals surface area contributed by atoms with E-state index in [1.54, 1.807) is 0 Å². The Balaban J connectivity index is 1.61. The third-order valence-corrected chi connectivity index (χ3v) is 3.68. The van der Waals surface area contributed by atoms with Crippen LogP contribution in [0.1, 0.15) is 38.2 Å². The fourth-order valence-corrected chi connectivity index (χ4v) is 2.43. The Labute approximate surface area is 111 Å². The molecule has 0 spiro atoms. The van der Waals surface area contributed by atoms with Crippen LogP contribution in [-0.4, -0.2) is 25.3 Å². The van der Waals surface area contributed by atoms with Crippen LogP contribution < -0.4 is 5.32 Å². The molecule has 2 atom stereocenters. The van der Waals surface area contributed by atoms with E-state index in [-0.39, 0.29) is 0 Å². The third-order valence-electron chi connectivity index (χ3n) is 3.68. The molecule has 18 heavy (non-hydrogen) atoms. The van der Waals surface area contributed by atoms with Crippen molar-refractivity contribution in [2.75, 3.05) is 13.2 Å². The molecule has 100 valence electrons. The smallest absolute Gasteiger partial charge is 0.0699 e. The van der Waals surface area contributed by atoms with Crippen LogP contribution >= 0.6 is 0 Å². The standard InChI is InChI=1S/C16H25NO/c1-14(10-11-15-7-3-2-4-8-15)17-13-16-9-5-6-12-18-16/h2-4,7-8,14,16-17H,5-6,9-13H2,1H3. The first-order valence-electron chi connectivity index (χ1n) is 7.23. The van der Waals surface area contributed by atoms with Gasteiger partial charge in [-0.15, -0.1) is 0 Å². The summed E-state index contributed by atoms with van der Waals surface area (Å²) in [6, 6.07) is 11.3. The number of ether oxygens (including phenoxy) is 1. The third kappa shape index (κ3) is 4.79. The van der Waals surface area contributed by atoms with Crippen molar-refractivity contribution in [2.45, 2.75) is 51.2 Å². The van der Waals surface area contributed by atoms with Gasteiger partial charge in [-0.2, -0.15) is 0 Å². The molecular weight excluding hydrogens is 222 g/mol. The minimum absolute atomic E-state index is 0.443. The molecule has 0 saturated carbocycles. The van der Waals surface area contributed by atoms with Gasteiger partial charge in [0.15, 0.2) is 0 Å². The van der Waals surface area contributed by atoms with E-state index in [0.717, 1.165) is 19.6 Å². The first-order chi connectivity index (χ1) is 8.84. The van der Waals surface area contributed by atoms with Gasteiger partial charge in [-0.3, -0.25) is 0 Å². The van der Waals surface area contributed by atoms with Crippen LogP contribution in [-0.2, 0) is 11.2 Å². The van der Waals surface area contributed by atoms with Gasteiger partial charge in [-0.05, 0) is 44.6 Å². The molecular formula is C16H25NO. The minimum atomic E-state index is 0.443. The molecule has 2 heteroatoms. The SMILES string of the molecule is CC(CCc1ccccc1)NCC1CCCCO1. The fourth-order valence-electron chi connectivity index (χ4n) is 2.43.